The third-order valence-electron chi connectivity index (χ3n) is 6.84. The van der Waals surface area contributed by atoms with Crippen molar-refractivity contribution in [3.8, 4) is 5.75 Å². The van der Waals surface area contributed by atoms with Crippen molar-refractivity contribution in [2.75, 3.05) is 26.8 Å². The van der Waals surface area contributed by atoms with Gasteiger partial charge in [-0.1, -0.05) is 55.5 Å². The number of nitrogens with zero attached hydrogens (tertiary/aromatic N) is 1. The van der Waals surface area contributed by atoms with E-state index in [0.29, 0.717) is 12.5 Å². The zero-order valence-electron chi connectivity index (χ0n) is 21.5. The van der Waals surface area contributed by atoms with Crippen LogP contribution in [0.4, 0.5) is 0 Å². The fourth-order valence-electron chi connectivity index (χ4n) is 4.83. The summed E-state index contributed by atoms with van der Waals surface area (Å²) in [5.74, 6) is 1.17. The van der Waals surface area contributed by atoms with E-state index in [1.807, 2.05) is 25.1 Å². The average Bonchev–Trinajstić information content (AvgIpc) is 3.29. The van der Waals surface area contributed by atoms with Gasteiger partial charge in [-0.25, -0.2) is 0 Å². The molecule has 1 heterocycles. The van der Waals surface area contributed by atoms with Gasteiger partial charge in [0.15, 0.2) is 0 Å². The molecule has 1 fully saturated rings. The van der Waals surface area contributed by atoms with Gasteiger partial charge in [-0.15, -0.1) is 0 Å². The molecule has 0 unspecified atom stereocenters. The predicted molar refractivity (Wildman–Crippen MR) is 146 cm³/mol. The van der Waals surface area contributed by atoms with Crippen LogP contribution in [-0.4, -0.2) is 48.0 Å². The number of aliphatic hydroxyl groups excluding tert-OH is 1. The molecule has 1 atom stereocenters. The molecule has 188 valence electrons. The molecule has 0 saturated carbocycles. The highest BCUT2D eigenvalue weighted by molar-refractivity contribution is 5.98. The maximum atomic E-state index is 9.89. The van der Waals surface area contributed by atoms with E-state index in [2.05, 4.69) is 55.3 Å². The Morgan fingerprint density at radius 3 is 2.43 bits per heavy atom. The number of hydrogen-bond acceptors (Lipinski definition) is 4. The van der Waals surface area contributed by atoms with Crippen molar-refractivity contribution < 1.29 is 14.9 Å². The Morgan fingerprint density at radius 2 is 1.80 bits per heavy atom. The summed E-state index contributed by atoms with van der Waals surface area (Å²) in [6, 6.07) is 18.4. The van der Waals surface area contributed by atoms with E-state index in [9.17, 15) is 10.2 Å². The topological polar surface area (TPSA) is 52.9 Å². The molecule has 1 aliphatic rings. The number of likely N-dealkylation sites (tertiary alicyclic amines) is 1. The first-order valence-electron chi connectivity index (χ1n) is 12.9. The minimum absolute atomic E-state index is 0.146. The minimum Gasteiger partial charge on any atom is -0.508 e. The lowest BCUT2D eigenvalue weighted by Crippen LogP contribution is -2.25. The van der Waals surface area contributed by atoms with Crippen LogP contribution < -0.4 is 0 Å². The fourth-order valence-corrected chi connectivity index (χ4v) is 4.83. The number of benzene rings is 2. The summed E-state index contributed by atoms with van der Waals surface area (Å²) in [5, 5.41) is 19.5. The van der Waals surface area contributed by atoms with Crippen LogP contribution in [0.25, 0.3) is 11.1 Å². The maximum absolute atomic E-state index is 9.89. The van der Waals surface area contributed by atoms with Crippen molar-refractivity contribution in [3.05, 3.63) is 89.2 Å². The number of aromatic hydroxyl groups is 1. The van der Waals surface area contributed by atoms with Crippen molar-refractivity contribution in [2.45, 2.75) is 58.4 Å². The van der Waals surface area contributed by atoms with Gasteiger partial charge < -0.3 is 19.8 Å². The summed E-state index contributed by atoms with van der Waals surface area (Å²) >= 11 is 0. The molecule has 0 amide bonds. The predicted octanol–water partition coefficient (Wildman–Crippen LogP) is 6.82. The number of phenols is 1. The molecular formula is C31H41NO3. The Kier molecular flexibility index (Phi) is 10.6. The van der Waals surface area contributed by atoms with Crippen LogP contribution in [0, 0.1) is 0 Å². The Hall–Kier alpha value is -2.82. The molecule has 0 aliphatic carbocycles. The average molecular weight is 476 g/mol. The zero-order chi connectivity index (χ0) is 25.0. The first-order chi connectivity index (χ1) is 17.0. The molecule has 4 nitrogen and oxygen atoms in total. The van der Waals surface area contributed by atoms with Gasteiger partial charge in [-0.2, -0.15) is 0 Å². The molecular weight excluding hydrogens is 434 g/mol. The van der Waals surface area contributed by atoms with Crippen LogP contribution in [0.1, 0.15) is 63.5 Å². The third kappa shape index (κ3) is 7.84. The fraction of sp³-hybridized carbons (Fsp3) is 0.419. The van der Waals surface area contributed by atoms with Crippen LogP contribution in [0.15, 0.2) is 78.1 Å². The Morgan fingerprint density at radius 1 is 1.06 bits per heavy atom. The number of rotatable bonds is 12. The van der Waals surface area contributed by atoms with Crippen molar-refractivity contribution >= 4 is 11.1 Å². The lowest BCUT2D eigenvalue weighted by molar-refractivity contribution is 0.175. The summed E-state index contributed by atoms with van der Waals surface area (Å²) in [6.07, 6.45) is 10.2. The first-order valence-corrected chi connectivity index (χ1v) is 12.9. The second-order valence-electron chi connectivity index (χ2n) is 9.33. The largest absolute Gasteiger partial charge is 0.508 e. The minimum atomic E-state index is 0.146. The summed E-state index contributed by atoms with van der Waals surface area (Å²) in [4.78, 5) is 2.43. The zero-order valence-corrected chi connectivity index (χ0v) is 21.5. The van der Waals surface area contributed by atoms with Gasteiger partial charge in [-0.3, -0.25) is 0 Å². The van der Waals surface area contributed by atoms with Gasteiger partial charge in [0.1, 0.15) is 5.75 Å². The van der Waals surface area contributed by atoms with Crippen LogP contribution in [0.3, 0.4) is 0 Å². The molecule has 2 aromatic rings. The molecule has 1 saturated heterocycles. The first kappa shape index (κ1) is 26.8. The molecule has 2 N–H and O–H groups in total. The van der Waals surface area contributed by atoms with Gasteiger partial charge in [-0.05, 0) is 105 Å². The third-order valence-corrected chi connectivity index (χ3v) is 6.84. The van der Waals surface area contributed by atoms with Crippen molar-refractivity contribution in [1.29, 1.82) is 0 Å². The molecule has 35 heavy (non-hydrogen) atoms. The number of allylic oxidation sites excluding steroid dienone is 6. The van der Waals surface area contributed by atoms with Crippen LogP contribution in [-0.2, 0) is 4.74 Å². The maximum Gasteiger partial charge on any atom is 0.115 e. The summed E-state index contributed by atoms with van der Waals surface area (Å²) in [6.45, 7) is 6.26. The molecule has 0 radical (unpaired) electrons. The number of aliphatic hydroxyl groups is 1. The highest BCUT2D eigenvalue weighted by Crippen LogP contribution is 2.37. The molecule has 3 rings (SSSR count). The monoisotopic (exact) mass is 475 g/mol. The highest BCUT2D eigenvalue weighted by Gasteiger charge is 2.20. The normalized spacial score (nSPS) is 18.0. The molecule has 0 bridgehead atoms. The molecule has 4 heteroatoms. The summed E-state index contributed by atoms with van der Waals surface area (Å²) in [5.41, 5.74) is 5.77. The second kappa shape index (κ2) is 13.9. The Bertz CT molecular complexity index is 1010. The van der Waals surface area contributed by atoms with E-state index < -0.39 is 0 Å². The van der Waals surface area contributed by atoms with Crippen LogP contribution in [0.5, 0.6) is 5.75 Å². The van der Waals surface area contributed by atoms with Crippen LogP contribution >= 0.6 is 0 Å². The van der Waals surface area contributed by atoms with Crippen molar-refractivity contribution in [1.82, 2.24) is 4.90 Å². The summed E-state index contributed by atoms with van der Waals surface area (Å²) < 4.78 is 6.07. The Balaban J connectivity index is 1.93. The van der Waals surface area contributed by atoms with Crippen molar-refractivity contribution in [2.24, 2.45) is 0 Å². The molecule has 1 aliphatic heterocycles. The lowest BCUT2D eigenvalue weighted by atomic mass is 9.86. The lowest BCUT2D eigenvalue weighted by Gasteiger charge is -2.20. The van der Waals surface area contributed by atoms with Crippen molar-refractivity contribution in [3.63, 3.8) is 0 Å². The van der Waals surface area contributed by atoms with Gasteiger partial charge in [0.25, 0.3) is 0 Å². The molecule has 0 spiro atoms. The van der Waals surface area contributed by atoms with E-state index in [-0.39, 0.29) is 12.4 Å². The summed E-state index contributed by atoms with van der Waals surface area (Å²) in [7, 11) is 2.20. The Labute approximate surface area is 211 Å². The SMILES string of the molecule is CCC(=C\C=C(/C)OCC[C@H]1CCCN1C)/C(=C(/CCCO)c1ccccc1)c1ccc(O)cc1. The van der Waals surface area contributed by atoms with E-state index in [4.69, 9.17) is 4.74 Å². The van der Waals surface area contributed by atoms with Gasteiger partial charge in [0.2, 0.25) is 0 Å². The second-order valence-corrected chi connectivity index (χ2v) is 9.33. The van der Waals surface area contributed by atoms with Gasteiger partial charge in [0.05, 0.1) is 12.4 Å². The molecule has 2 aromatic carbocycles. The van der Waals surface area contributed by atoms with Gasteiger partial charge >= 0.3 is 0 Å². The molecule has 0 aromatic heterocycles. The highest BCUT2D eigenvalue weighted by atomic mass is 16.5. The van der Waals surface area contributed by atoms with Gasteiger partial charge in [0, 0.05) is 12.6 Å². The number of phenolic OH excluding ortho intramolecular Hbond substituents is 1. The van der Waals surface area contributed by atoms with E-state index in [1.54, 1.807) is 12.1 Å². The smallest absolute Gasteiger partial charge is 0.115 e. The standard InChI is InChI=1S/C31H41NO3/c1-4-25(15-14-24(2)35-23-20-28-12-8-21-32(28)3)31(27-16-18-29(34)19-17-27)30(13-9-22-33)26-10-6-5-7-11-26/h5-7,10-11,14-19,28,33-34H,4,8-9,12-13,20-23H2,1-3H3/b24-14+,25-15+,31-30+/t28-/m1/s1. The number of ether oxygens (including phenoxy) is 1. The van der Waals surface area contributed by atoms with Crippen LogP contribution in [0.2, 0.25) is 0 Å². The quantitative estimate of drug-likeness (QED) is 0.201. The van der Waals surface area contributed by atoms with E-state index >= 15 is 0 Å². The van der Waals surface area contributed by atoms with E-state index in [1.165, 1.54) is 30.5 Å². The van der Waals surface area contributed by atoms with E-state index in [0.717, 1.165) is 48.3 Å². The number of hydrogen-bond donors (Lipinski definition) is 2.